The molecule has 1 unspecified atom stereocenters. The summed E-state index contributed by atoms with van der Waals surface area (Å²) in [6.07, 6.45) is 5.18. The van der Waals surface area contributed by atoms with Crippen molar-refractivity contribution < 1.29 is 8.42 Å². The number of rotatable bonds is 4. The summed E-state index contributed by atoms with van der Waals surface area (Å²) in [5.74, 6) is 0.681. The lowest BCUT2D eigenvalue weighted by Crippen LogP contribution is -2.51. The number of aliphatic imine (C=N–C) groups is 1. The number of benzene rings is 2. The van der Waals surface area contributed by atoms with Gasteiger partial charge in [-0.05, 0) is 36.8 Å². The Hall–Kier alpha value is -1.74. The van der Waals surface area contributed by atoms with Crippen molar-refractivity contribution in [2.45, 2.75) is 21.1 Å². The zero-order valence-corrected chi connectivity index (χ0v) is 20.5. The summed E-state index contributed by atoms with van der Waals surface area (Å²) in [4.78, 5) is 6.53. The van der Waals surface area contributed by atoms with Crippen molar-refractivity contribution in [2.75, 3.05) is 0 Å². The number of halogens is 3. The third-order valence-corrected chi connectivity index (χ3v) is 7.72. The van der Waals surface area contributed by atoms with Crippen molar-refractivity contribution in [3.05, 3.63) is 89.1 Å². The van der Waals surface area contributed by atoms with E-state index in [2.05, 4.69) is 41.3 Å². The van der Waals surface area contributed by atoms with Crippen molar-refractivity contribution >= 4 is 65.2 Å². The molecule has 5 nitrogen and oxygen atoms in total. The van der Waals surface area contributed by atoms with Crippen LogP contribution in [0.4, 0.5) is 0 Å². The molecule has 0 N–H and O–H groups in total. The highest BCUT2D eigenvalue weighted by Crippen LogP contribution is 2.46. The van der Waals surface area contributed by atoms with Crippen LogP contribution in [0.25, 0.3) is 0 Å². The van der Waals surface area contributed by atoms with Crippen molar-refractivity contribution in [3.63, 3.8) is 0 Å². The number of alkyl halides is 2. The van der Waals surface area contributed by atoms with E-state index in [0.29, 0.717) is 10.9 Å². The molecular weight excluding hydrogens is 554 g/mol. The third-order valence-electron chi connectivity index (χ3n) is 4.89. The van der Waals surface area contributed by atoms with Gasteiger partial charge in [-0.25, -0.2) is 4.99 Å². The molecule has 2 heterocycles. The molecule has 2 aromatic rings. The number of allylic oxidation sites excluding steroid dienone is 2. The van der Waals surface area contributed by atoms with Gasteiger partial charge in [-0.15, -0.1) is 4.40 Å². The summed E-state index contributed by atoms with van der Waals surface area (Å²) < 4.78 is 30.1. The molecule has 1 atom stereocenters. The molecule has 0 saturated heterocycles. The molecule has 0 aliphatic carbocycles. The first-order valence-corrected chi connectivity index (χ1v) is 12.6. The molecule has 154 valence electrons. The van der Waals surface area contributed by atoms with Gasteiger partial charge in [0.15, 0.2) is 11.4 Å². The number of amidine groups is 2. The van der Waals surface area contributed by atoms with Crippen molar-refractivity contribution in [1.82, 2.24) is 4.90 Å². The SMILES string of the molecule is Cc1ccc(S(=O)(=O)/N=C2\N=C3C=CC(Cl)=CN3C2(c2ccccc2)C(Br)Br)cc1. The highest BCUT2D eigenvalue weighted by molar-refractivity contribution is 9.24. The molecule has 0 bridgehead atoms. The van der Waals surface area contributed by atoms with Crippen LogP contribution in [0.2, 0.25) is 0 Å². The average Bonchev–Trinajstić information content (AvgIpc) is 3.02. The molecule has 0 fully saturated rings. The standard InChI is InChI=1S/C21H16Br2ClN3O2S/c1-14-7-10-17(11-8-14)30(28,29)26-20-21(19(22)23,15-5-3-2-4-6-15)27-13-16(24)9-12-18(27)25-20/h2-13,19H,1H3/b26-20-. The van der Waals surface area contributed by atoms with Gasteiger partial charge in [0.1, 0.15) is 9.57 Å². The number of aryl methyl sites for hydroxylation is 1. The highest BCUT2D eigenvalue weighted by atomic mass is 79.9. The molecule has 0 aromatic heterocycles. The minimum Gasteiger partial charge on any atom is -0.312 e. The van der Waals surface area contributed by atoms with Gasteiger partial charge in [-0.2, -0.15) is 8.42 Å². The zero-order valence-electron chi connectivity index (χ0n) is 15.7. The number of nitrogens with zero attached hydrogens (tertiary/aromatic N) is 3. The van der Waals surface area contributed by atoms with Crippen LogP contribution in [-0.2, 0) is 15.6 Å². The van der Waals surface area contributed by atoms with E-state index in [1.165, 1.54) is 0 Å². The van der Waals surface area contributed by atoms with Gasteiger partial charge >= 0.3 is 0 Å². The van der Waals surface area contributed by atoms with Gasteiger partial charge in [-0.1, -0.05) is 91.5 Å². The van der Waals surface area contributed by atoms with E-state index < -0.39 is 19.3 Å². The Labute approximate surface area is 197 Å². The van der Waals surface area contributed by atoms with Crippen molar-refractivity contribution in [2.24, 2.45) is 9.39 Å². The first-order valence-electron chi connectivity index (χ1n) is 8.94. The van der Waals surface area contributed by atoms with E-state index >= 15 is 0 Å². The topological polar surface area (TPSA) is 62.1 Å². The van der Waals surface area contributed by atoms with E-state index in [-0.39, 0.29) is 10.7 Å². The van der Waals surface area contributed by atoms with Crippen LogP contribution in [0.15, 0.2) is 92.3 Å². The van der Waals surface area contributed by atoms with Crippen LogP contribution in [0.3, 0.4) is 0 Å². The van der Waals surface area contributed by atoms with Crippen LogP contribution < -0.4 is 0 Å². The molecule has 2 aromatic carbocycles. The smallest absolute Gasteiger partial charge is 0.284 e. The van der Waals surface area contributed by atoms with Crippen molar-refractivity contribution in [3.8, 4) is 0 Å². The number of fused-ring (bicyclic) bond motifs is 1. The predicted molar refractivity (Wildman–Crippen MR) is 128 cm³/mol. The second-order valence-electron chi connectivity index (χ2n) is 6.82. The molecule has 9 heteroatoms. The van der Waals surface area contributed by atoms with E-state index in [0.717, 1.165) is 11.1 Å². The molecule has 30 heavy (non-hydrogen) atoms. The molecule has 2 aliphatic rings. The fourth-order valence-electron chi connectivity index (χ4n) is 3.40. The molecule has 4 rings (SSSR count). The fourth-order valence-corrected chi connectivity index (χ4v) is 5.93. The average molecular weight is 570 g/mol. The normalized spacial score (nSPS) is 22.3. The molecule has 0 radical (unpaired) electrons. The number of hydrogen-bond donors (Lipinski definition) is 0. The van der Waals surface area contributed by atoms with Gasteiger partial charge in [0.2, 0.25) is 0 Å². The lowest BCUT2D eigenvalue weighted by molar-refractivity contribution is 0.375. The van der Waals surface area contributed by atoms with E-state index in [1.54, 1.807) is 42.6 Å². The molecular formula is C21H16Br2ClN3O2S. The van der Waals surface area contributed by atoms with Gasteiger partial charge in [0.05, 0.1) is 9.93 Å². The lowest BCUT2D eigenvalue weighted by atomic mass is 9.89. The Balaban J connectivity index is 1.97. The Morgan fingerprint density at radius 2 is 1.73 bits per heavy atom. The van der Waals surface area contributed by atoms with Crippen LogP contribution >= 0.6 is 43.5 Å². The summed E-state index contributed by atoms with van der Waals surface area (Å²) >= 11 is 13.5. The van der Waals surface area contributed by atoms with Crippen LogP contribution in [0.1, 0.15) is 11.1 Å². The fraction of sp³-hybridized carbons (Fsp3) is 0.143. The van der Waals surface area contributed by atoms with Gasteiger partial charge in [0.25, 0.3) is 10.0 Å². The van der Waals surface area contributed by atoms with Crippen LogP contribution in [0.5, 0.6) is 0 Å². The Bertz CT molecular complexity index is 1210. The van der Waals surface area contributed by atoms with E-state index in [1.807, 2.05) is 42.2 Å². The van der Waals surface area contributed by atoms with Gasteiger partial charge in [-0.3, -0.25) is 0 Å². The molecule has 0 spiro atoms. The Kier molecular flexibility index (Phi) is 5.78. The summed E-state index contributed by atoms with van der Waals surface area (Å²) in [5, 5.41) is 0.498. The minimum atomic E-state index is -3.99. The highest BCUT2D eigenvalue weighted by Gasteiger charge is 2.54. The van der Waals surface area contributed by atoms with Gasteiger partial charge in [0, 0.05) is 6.20 Å². The second-order valence-corrected chi connectivity index (χ2v) is 11.9. The van der Waals surface area contributed by atoms with Crippen molar-refractivity contribution in [1.29, 1.82) is 0 Å². The molecule has 2 aliphatic heterocycles. The maximum atomic E-state index is 13.1. The lowest BCUT2D eigenvalue weighted by Gasteiger charge is -2.40. The van der Waals surface area contributed by atoms with Crippen LogP contribution in [-0.4, -0.2) is 28.7 Å². The Morgan fingerprint density at radius 3 is 2.37 bits per heavy atom. The largest absolute Gasteiger partial charge is 0.312 e. The zero-order chi connectivity index (χ0) is 21.5. The number of sulfonamides is 1. The van der Waals surface area contributed by atoms with E-state index in [4.69, 9.17) is 11.6 Å². The summed E-state index contributed by atoms with van der Waals surface area (Å²) in [7, 11) is -3.99. The first-order chi connectivity index (χ1) is 14.2. The second kappa shape index (κ2) is 8.07. The molecule has 0 amide bonds. The summed E-state index contributed by atoms with van der Waals surface area (Å²) in [5.41, 5.74) is 0.694. The Morgan fingerprint density at radius 1 is 1.07 bits per heavy atom. The quantitative estimate of drug-likeness (QED) is 0.460. The maximum Gasteiger partial charge on any atom is 0.284 e. The predicted octanol–water partition coefficient (Wildman–Crippen LogP) is 5.46. The molecule has 0 saturated carbocycles. The van der Waals surface area contributed by atoms with Crippen LogP contribution in [0, 0.1) is 6.92 Å². The summed E-state index contributed by atoms with van der Waals surface area (Å²) in [6, 6.07) is 16.0. The van der Waals surface area contributed by atoms with Gasteiger partial charge < -0.3 is 4.90 Å². The monoisotopic (exact) mass is 567 g/mol. The minimum absolute atomic E-state index is 0.109. The summed E-state index contributed by atoms with van der Waals surface area (Å²) in [6.45, 7) is 1.90. The first kappa shape index (κ1) is 21.5. The third kappa shape index (κ3) is 3.60. The van der Waals surface area contributed by atoms with E-state index in [9.17, 15) is 8.42 Å². The maximum absolute atomic E-state index is 13.1. The number of hydrogen-bond acceptors (Lipinski definition) is 3.